The first-order valence-electron chi connectivity index (χ1n) is 10.2. The summed E-state index contributed by atoms with van der Waals surface area (Å²) in [4.78, 5) is 50.3. The van der Waals surface area contributed by atoms with Gasteiger partial charge < -0.3 is 10.6 Å². The molecule has 3 rings (SSSR count). The normalized spacial score (nSPS) is 10.9. The Hall–Kier alpha value is -3.27. The minimum atomic E-state index is -0.659. The highest BCUT2D eigenvalue weighted by molar-refractivity contribution is 7.13. The SMILES string of the molecule is CCCCN(C(=O)Cc1csc(-c2cccnc2)n1)c1c(N)n(CCC)c(=O)[nH]c1=O. The lowest BCUT2D eigenvalue weighted by Gasteiger charge is -2.24. The highest BCUT2D eigenvalue weighted by atomic mass is 32.1. The van der Waals surface area contributed by atoms with E-state index in [2.05, 4.69) is 15.0 Å². The maximum Gasteiger partial charge on any atom is 0.330 e. The summed E-state index contributed by atoms with van der Waals surface area (Å²) >= 11 is 1.43. The van der Waals surface area contributed by atoms with Gasteiger partial charge >= 0.3 is 5.69 Å². The summed E-state index contributed by atoms with van der Waals surface area (Å²) in [5.74, 6) is -0.287. The standard InChI is InChI=1S/C21H26N6O3S/c1-3-5-10-26(17-18(22)27(9-4-2)21(30)25-19(17)29)16(28)11-15-13-31-20(24-15)14-7-6-8-23-12-14/h6-8,12-13H,3-5,9-11,22H2,1-2H3,(H,25,29,30). The van der Waals surface area contributed by atoms with Crippen molar-refractivity contribution >= 4 is 28.7 Å². The highest BCUT2D eigenvalue weighted by Gasteiger charge is 2.24. The van der Waals surface area contributed by atoms with Gasteiger partial charge in [-0.15, -0.1) is 11.3 Å². The summed E-state index contributed by atoms with van der Waals surface area (Å²) in [6.45, 7) is 4.57. The molecule has 0 aliphatic carbocycles. The summed E-state index contributed by atoms with van der Waals surface area (Å²) in [6, 6.07) is 3.73. The molecule has 0 saturated carbocycles. The number of amides is 1. The molecule has 1 amide bonds. The number of thiazole rings is 1. The largest absolute Gasteiger partial charge is 0.383 e. The molecule has 0 aliphatic heterocycles. The van der Waals surface area contributed by atoms with Crippen LogP contribution in [0.4, 0.5) is 11.5 Å². The van der Waals surface area contributed by atoms with Crippen LogP contribution in [0.3, 0.4) is 0 Å². The van der Waals surface area contributed by atoms with Gasteiger partial charge in [0, 0.05) is 36.4 Å². The van der Waals surface area contributed by atoms with E-state index >= 15 is 0 Å². The van der Waals surface area contributed by atoms with Crippen LogP contribution in [-0.2, 0) is 17.8 Å². The maximum absolute atomic E-state index is 13.2. The summed E-state index contributed by atoms with van der Waals surface area (Å²) in [6.07, 6.45) is 5.61. The molecule has 10 heteroatoms. The van der Waals surface area contributed by atoms with Crippen molar-refractivity contribution in [2.24, 2.45) is 0 Å². The molecule has 3 aromatic heterocycles. The number of pyridine rings is 1. The Balaban J connectivity index is 1.92. The number of unbranched alkanes of at least 4 members (excludes halogenated alkanes) is 1. The summed E-state index contributed by atoms with van der Waals surface area (Å²) in [5.41, 5.74) is 6.45. The van der Waals surface area contributed by atoms with Crippen molar-refractivity contribution in [1.29, 1.82) is 0 Å². The second-order valence-electron chi connectivity index (χ2n) is 7.11. The van der Waals surface area contributed by atoms with Crippen molar-refractivity contribution in [3.05, 3.63) is 56.4 Å². The van der Waals surface area contributed by atoms with Crippen molar-refractivity contribution in [1.82, 2.24) is 19.5 Å². The number of carbonyl (C=O) groups excluding carboxylic acids is 1. The Kier molecular flexibility index (Phi) is 7.35. The predicted molar refractivity (Wildman–Crippen MR) is 122 cm³/mol. The van der Waals surface area contributed by atoms with Crippen LogP contribution in [0.2, 0.25) is 0 Å². The zero-order chi connectivity index (χ0) is 22.4. The lowest BCUT2D eigenvalue weighted by atomic mass is 10.2. The Bertz CT molecular complexity index is 1150. The number of carbonyl (C=O) groups is 1. The third kappa shape index (κ3) is 5.08. The van der Waals surface area contributed by atoms with Crippen molar-refractivity contribution in [2.45, 2.75) is 46.1 Å². The zero-order valence-electron chi connectivity index (χ0n) is 17.6. The van der Waals surface area contributed by atoms with E-state index in [0.29, 0.717) is 31.6 Å². The minimum absolute atomic E-state index is 0.00869. The Morgan fingerprint density at radius 3 is 2.77 bits per heavy atom. The van der Waals surface area contributed by atoms with E-state index < -0.39 is 11.2 Å². The number of nitrogens with zero attached hydrogens (tertiary/aromatic N) is 4. The average Bonchev–Trinajstić information content (AvgIpc) is 3.22. The fourth-order valence-corrected chi connectivity index (χ4v) is 4.03. The monoisotopic (exact) mass is 442 g/mol. The van der Waals surface area contributed by atoms with Crippen molar-refractivity contribution in [3.63, 3.8) is 0 Å². The number of nitrogens with one attached hydrogen (secondary N) is 1. The van der Waals surface area contributed by atoms with Crippen molar-refractivity contribution in [3.8, 4) is 10.6 Å². The van der Waals surface area contributed by atoms with E-state index in [1.165, 1.54) is 20.8 Å². The van der Waals surface area contributed by atoms with Gasteiger partial charge in [0.1, 0.15) is 10.8 Å². The van der Waals surface area contributed by atoms with Gasteiger partial charge in [-0.3, -0.25) is 24.1 Å². The van der Waals surface area contributed by atoms with Crippen LogP contribution < -0.4 is 21.9 Å². The third-order valence-corrected chi connectivity index (χ3v) is 5.70. The van der Waals surface area contributed by atoms with Crippen LogP contribution in [0.5, 0.6) is 0 Å². The molecule has 0 atom stereocenters. The van der Waals surface area contributed by atoms with Crippen LogP contribution >= 0.6 is 11.3 Å². The quantitative estimate of drug-likeness (QED) is 0.524. The van der Waals surface area contributed by atoms with Crippen LogP contribution in [0, 0.1) is 0 Å². The first-order valence-corrected chi connectivity index (χ1v) is 11.1. The van der Waals surface area contributed by atoms with Gasteiger partial charge in [-0.1, -0.05) is 20.3 Å². The van der Waals surface area contributed by atoms with E-state index in [1.807, 2.05) is 31.4 Å². The maximum atomic E-state index is 13.2. The number of anilines is 2. The van der Waals surface area contributed by atoms with E-state index in [-0.39, 0.29) is 23.8 Å². The smallest absolute Gasteiger partial charge is 0.330 e. The van der Waals surface area contributed by atoms with E-state index in [9.17, 15) is 14.4 Å². The van der Waals surface area contributed by atoms with Gasteiger partial charge in [-0.25, -0.2) is 9.78 Å². The van der Waals surface area contributed by atoms with E-state index in [1.54, 1.807) is 12.4 Å². The minimum Gasteiger partial charge on any atom is -0.383 e. The average molecular weight is 443 g/mol. The number of aromatic nitrogens is 4. The van der Waals surface area contributed by atoms with E-state index in [0.717, 1.165) is 17.0 Å². The third-order valence-electron chi connectivity index (χ3n) is 4.76. The number of hydrogen-bond acceptors (Lipinski definition) is 7. The number of nitrogen functional groups attached to an aromatic ring is 1. The molecule has 0 aliphatic rings. The molecule has 9 nitrogen and oxygen atoms in total. The number of H-pyrrole nitrogens is 1. The first kappa shape index (κ1) is 22.4. The molecule has 31 heavy (non-hydrogen) atoms. The Labute approximate surface area is 183 Å². The van der Waals surface area contributed by atoms with Crippen LogP contribution in [-0.4, -0.2) is 32.0 Å². The molecule has 3 heterocycles. The molecule has 0 unspecified atom stereocenters. The Morgan fingerprint density at radius 2 is 2.10 bits per heavy atom. The number of nitrogens with two attached hydrogens (primary N) is 1. The molecule has 0 spiro atoms. The second-order valence-corrected chi connectivity index (χ2v) is 7.96. The molecule has 0 aromatic carbocycles. The number of hydrogen-bond donors (Lipinski definition) is 2. The van der Waals surface area contributed by atoms with Gasteiger partial charge in [0.2, 0.25) is 5.91 Å². The number of aromatic amines is 1. The van der Waals surface area contributed by atoms with Crippen molar-refractivity contribution < 1.29 is 4.79 Å². The fourth-order valence-electron chi connectivity index (χ4n) is 3.22. The molecule has 3 aromatic rings. The van der Waals surface area contributed by atoms with Crippen molar-refractivity contribution in [2.75, 3.05) is 17.2 Å². The van der Waals surface area contributed by atoms with Crippen LogP contribution in [0.25, 0.3) is 10.6 Å². The van der Waals surface area contributed by atoms with Crippen LogP contribution in [0.15, 0.2) is 39.5 Å². The predicted octanol–water partition coefficient (Wildman–Crippen LogP) is 2.42. The highest BCUT2D eigenvalue weighted by Crippen LogP contribution is 2.24. The van der Waals surface area contributed by atoms with Gasteiger partial charge in [-0.05, 0) is 25.0 Å². The first-order chi connectivity index (χ1) is 15.0. The fraction of sp³-hybridized carbons (Fsp3) is 0.381. The topological polar surface area (TPSA) is 127 Å². The van der Waals surface area contributed by atoms with Gasteiger partial charge in [0.05, 0.1) is 12.1 Å². The van der Waals surface area contributed by atoms with E-state index in [4.69, 9.17) is 5.73 Å². The molecule has 0 radical (unpaired) electrons. The van der Waals surface area contributed by atoms with Gasteiger partial charge in [0.15, 0.2) is 5.69 Å². The molecule has 164 valence electrons. The Morgan fingerprint density at radius 1 is 1.29 bits per heavy atom. The van der Waals surface area contributed by atoms with Crippen LogP contribution in [0.1, 0.15) is 38.8 Å². The molecule has 3 N–H and O–H groups in total. The van der Waals surface area contributed by atoms with Gasteiger partial charge in [0.25, 0.3) is 5.56 Å². The summed E-state index contributed by atoms with van der Waals surface area (Å²) in [5, 5.41) is 2.59. The zero-order valence-corrected chi connectivity index (χ0v) is 18.4. The second kappa shape index (κ2) is 10.2. The lowest BCUT2D eigenvalue weighted by Crippen LogP contribution is -2.42. The molecule has 0 bridgehead atoms. The lowest BCUT2D eigenvalue weighted by molar-refractivity contribution is -0.118. The summed E-state index contributed by atoms with van der Waals surface area (Å²) < 4.78 is 1.30. The molecular weight excluding hydrogens is 416 g/mol. The van der Waals surface area contributed by atoms with Gasteiger partial charge in [-0.2, -0.15) is 0 Å². The number of rotatable bonds is 9. The summed E-state index contributed by atoms with van der Waals surface area (Å²) in [7, 11) is 0. The molecule has 0 saturated heterocycles. The molecular formula is C21H26N6O3S. The molecule has 0 fully saturated rings.